The van der Waals surface area contributed by atoms with E-state index in [0.29, 0.717) is 19.1 Å². The number of hydrogen-bond donors (Lipinski definition) is 2. The van der Waals surface area contributed by atoms with Crippen molar-refractivity contribution in [3.63, 3.8) is 0 Å². The molecule has 25 heavy (non-hydrogen) atoms. The second-order valence-electron chi connectivity index (χ2n) is 6.26. The third kappa shape index (κ3) is 8.06. The number of morpholine rings is 1. The van der Waals surface area contributed by atoms with Crippen molar-refractivity contribution in [1.29, 1.82) is 0 Å². The van der Waals surface area contributed by atoms with Gasteiger partial charge in [-0.05, 0) is 12.3 Å². The summed E-state index contributed by atoms with van der Waals surface area (Å²) in [6.07, 6.45) is 1.16. The van der Waals surface area contributed by atoms with Crippen molar-refractivity contribution in [2.24, 2.45) is 10.9 Å². The van der Waals surface area contributed by atoms with E-state index in [4.69, 9.17) is 9.47 Å². The summed E-state index contributed by atoms with van der Waals surface area (Å²) >= 11 is 0. The zero-order valence-electron chi connectivity index (χ0n) is 15.3. The van der Waals surface area contributed by atoms with Gasteiger partial charge in [0.05, 0.1) is 26.4 Å². The molecule has 2 fully saturated rings. The molecule has 0 bridgehead atoms. The van der Waals surface area contributed by atoms with Crippen molar-refractivity contribution in [2.75, 3.05) is 79.8 Å². The quantitative estimate of drug-likeness (QED) is 0.229. The fourth-order valence-corrected chi connectivity index (χ4v) is 3.17. The summed E-state index contributed by atoms with van der Waals surface area (Å²) in [5, 5.41) is 5.95. The smallest absolute Gasteiger partial charge is 0.239 e. The molecule has 2 aliphatic heterocycles. The number of likely N-dealkylation sites (tertiary alicyclic amines) is 1. The lowest BCUT2D eigenvalue weighted by atomic mass is 10.1. The molecule has 2 saturated heterocycles. The number of ether oxygens (including phenoxy) is 2. The lowest BCUT2D eigenvalue weighted by molar-refractivity contribution is -0.120. The first-order valence-corrected chi connectivity index (χ1v) is 8.74. The van der Waals surface area contributed by atoms with Gasteiger partial charge in [-0.1, -0.05) is 0 Å². The minimum absolute atomic E-state index is 0. The third-order valence-electron chi connectivity index (χ3n) is 4.45. The van der Waals surface area contributed by atoms with E-state index in [1.54, 1.807) is 14.2 Å². The van der Waals surface area contributed by atoms with Gasteiger partial charge in [-0.3, -0.25) is 14.7 Å². The van der Waals surface area contributed by atoms with Crippen molar-refractivity contribution in [2.45, 2.75) is 6.42 Å². The van der Waals surface area contributed by atoms with Crippen LogP contribution in [0.4, 0.5) is 0 Å². The minimum Gasteiger partial charge on any atom is -0.383 e. The number of carbonyl (C=O) groups excluding carboxylic acids is 1. The Morgan fingerprint density at radius 1 is 1.28 bits per heavy atom. The molecule has 0 saturated carbocycles. The number of halogens is 1. The van der Waals surface area contributed by atoms with Gasteiger partial charge in [-0.15, -0.1) is 24.0 Å². The van der Waals surface area contributed by atoms with Gasteiger partial charge in [0.1, 0.15) is 0 Å². The number of guanidine groups is 1. The zero-order chi connectivity index (χ0) is 17.2. The summed E-state index contributed by atoms with van der Waals surface area (Å²) in [4.78, 5) is 20.8. The Morgan fingerprint density at radius 3 is 2.72 bits per heavy atom. The molecule has 1 unspecified atom stereocenters. The normalized spacial score (nSPS) is 21.8. The molecule has 0 radical (unpaired) electrons. The Kier molecular flexibility index (Phi) is 11.3. The van der Waals surface area contributed by atoms with Crippen molar-refractivity contribution in [3.05, 3.63) is 0 Å². The maximum absolute atomic E-state index is 11.8. The fraction of sp³-hybridized carbons (Fsp3) is 0.875. The van der Waals surface area contributed by atoms with Crippen LogP contribution in [0.15, 0.2) is 4.99 Å². The average molecular weight is 469 g/mol. The number of rotatable bonds is 7. The van der Waals surface area contributed by atoms with Gasteiger partial charge in [0, 0.05) is 53.4 Å². The van der Waals surface area contributed by atoms with Gasteiger partial charge < -0.3 is 25.0 Å². The second-order valence-corrected chi connectivity index (χ2v) is 6.26. The Balaban J connectivity index is 0.00000312. The molecule has 0 aliphatic carbocycles. The van der Waals surface area contributed by atoms with Crippen LogP contribution in [0.5, 0.6) is 0 Å². The molecule has 0 spiro atoms. The summed E-state index contributed by atoms with van der Waals surface area (Å²) in [5.41, 5.74) is 0. The molecule has 9 heteroatoms. The molecule has 0 aromatic heterocycles. The molecule has 2 aliphatic rings. The van der Waals surface area contributed by atoms with Crippen LogP contribution in [0.3, 0.4) is 0 Å². The molecule has 1 amide bonds. The second kappa shape index (κ2) is 12.7. The number of methoxy groups -OCH3 is 1. The van der Waals surface area contributed by atoms with Gasteiger partial charge in [-0.2, -0.15) is 0 Å². The summed E-state index contributed by atoms with van der Waals surface area (Å²) in [5.74, 6) is 1.41. The topological polar surface area (TPSA) is 78.4 Å². The maximum Gasteiger partial charge on any atom is 0.239 e. The van der Waals surface area contributed by atoms with E-state index in [1.165, 1.54) is 0 Å². The van der Waals surface area contributed by atoms with Crippen LogP contribution in [0.25, 0.3) is 0 Å². The van der Waals surface area contributed by atoms with Gasteiger partial charge in [0.25, 0.3) is 0 Å². The Morgan fingerprint density at radius 2 is 2.04 bits per heavy atom. The van der Waals surface area contributed by atoms with Crippen LogP contribution in [-0.4, -0.2) is 101 Å². The van der Waals surface area contributed by atoms with E-state index in [2.05, 4.69) is 25.4 Å². The van der Waals surface area contributed by atoms with E-state index in [9.17, 15) is 4.79 Å². The Labute approximate surface area is 167 Å². The SMILES string of the molecule is CN=C(NCC(=O)NCCOC)N1CCC(CN2CCOCC2)C1.I. The van der Waals surface area contributed by atoms with Crippen LogP contribution < -0.4 is 10.6 Å². The number of amides is 1. The predicted molar refractivity (Wildman–Crippen MR) is 109 cm³/mol. The van der Waals surface area contributed by atoms with E-state index < -0.39 is 0 Å². The van der Waals surface area contributed by atoms with Gasteiger partial charge in [0.15, 0.2) is 5.96 Å². The molecule has 2 heterocycles. The van der Waals surface area contributed by atoms with E-state index in [0.717, 1.165) is 58.3 Å². The van der Waals surface area contributed by atoms with Crippen LogP contribution in [0, 0.1) is 5.92 Å². The first kappa shape index (κ1) is 22.4. The van der Waals surface area contributed by atoms with Gasteiger partial charge >= 0.3 is 0 Å². The van der Waals surface area contributed by atoms with Crippen molar-refractivity contribution in [3.8, 4) is 0 Å². The van der Waals surface area contributed by atoms with E-state index >= 15 is 0 Å². The molecule has 8 nitrogen and oxygen atoms in total. The van der Waals surface area contributed by atoms with E-state index in [-0.39, 0.29) is 36.4 Å². The van der Waals surface area contributed by atoms with Crippen LogP contribution in [-0.2, 0) is 14.3 Å². The molecule has 2 rings (SSSR count). The highest BCUT2D eigenvalue weighted by atomic mass is 127. The Bertz CT molecular complexity index is 419. The lowest BCUT2D eigenvalue weighted by Crippen LogP contribution is -2.45. The molecule has 0 aromatic carbocycles. The fourth-order valence-electron chi connectivity index (χ4n) is 3.17. The Hall–Kier alpha value is -0.650. The summed E-state index contributed by atoms with van der Waals surface area (Å²) in [6, 6.07) is 0. The molecular weight excluding hydrogens is 437 g/mol. The standard InChI is InChI=1S/C16H31N5O3.HI/c1-17-16(19-11-15(22)18-4-8-23-2)21-5-3-14(13-21)12-20-6-9-24-10-7-20;/h14H,3-13H2,1-2H3,(H,17,19)(H,18,22);1H. The van der Waals surface area contributed by atoms with Crippen LogP contribution in [0.1, 0.15) is 6.42 Å². The average Bonchev–Trinajstić information content (AvgIpc) is 3.05. The van der Waals surface area contributed by atoms with Crippen molar-refractivity contribution >= 4 is 35.8 Å². The number of nitrogens with one attached hydrogen (secondary N) is 2. The summed E-state index contributed by atoms with van der Waals surface area (Å²) in [6.45, 7) is 8.14. The monoisotopic (exact) mass is 469 g/mol. The van der Waals surface area contributed by atoms with Gasteiger partial charge in [-0.25, -0.2) is 0 Å². The molecule has 2 N–H and O–H groups in total. The van der Waals surface area contributed by atoms with Crippen LogP contribution >= 0.6 is 24.0 Å². The number of aliphatic imine (C=N–C) groups is 1. The lowest BCUT2D eigenvalue weighted by Gasteiger charge is -2.29. The highest BCUT2D eigenvalue weighted by Crippen LogP contribution is 2.18. The first-order valence-electron chi connectivity index (χ1n) is 8.74. The molecule has 0 aromatic rings. The minimum atomic E-state index is -0.0442. The highest BCUT2D eigenvalue weighted by molar-refractivity contribution is 14.0. The molecular formula is C16H32IN5O3. The van der Waals surface area contributed by atoms with Gasteiger partial charge in [0.2, 0.25) is 5.91 Å². The maximum atomic E-state index is 11.8. The number of hydrogen-bond acceptors (Lipinski definition) is 5. The first-order chi connectivity index (χ1) is 11.7. The third-order valence-corrected chi connectivity index (χ3v) is 4.45. The van der Waals surface area contributed by atoms with E-state index in [1.807, 2.05) is 0 Å². The predicted octanol–water partition coefficient (Wildman–Crippen LogP) is -0.403. The molecule has 146 valence electrons. The molecule has 1 atom stereocenters. The number of nitrogens with zero attached hydrogens (tertiary/aromatic N) is 3. The summed E-state index contributed by atoms with van der Waals surface area (Å²) in [7, 11) is 3.38. The number of carbonyl (C=O) groups is 1. The van der Waals surface area contributed by atoms with Crippen molar-refractivity contribution in [1.82, 2.24) is 20.4 Å². The summed E-state index contributed by atoms with van der Waals surface area (Å²) < 4.78 is 10.3. The zero-order valence-corrected chi connectivity index (χ0v) is 17.7. The van der Waals surface area contributed by atoms with Crippen molar-refractivity contribution < 1.29 is 14.3 Å². The van der Waals surface area contributed by atoms with Crippen LogP contribution in [0.2, 0.25) is 0 Å². The highest BCUT2D eigenvalue weighted by Gasteiger charge is 2.27. The largest absolute Gasteiger partial charge is 0.383 e.